The molecule has 0 aliphatic carbocycles. The summed E-state index contributed by atoms with van der Waals surface area (Å²) in [4.78, 5) is 31.9. The van der Waals surface area contributed by atoms with E-state index in [1.165, 1.54) is 0 Å². The maximum Gasteiger partial charge on any atom is 0.406 e. The number of anilines is 1. The lowest BCUT2D eigenvalue weighted by Crippen LogP contribution is -2.38. The molecule has 1 saturated heterocycles. The van der Waals surface area contributed by atoms with E-state index in [0.29, 0.717) is 17.4 Å². The molecule has 1 aliphatic rings. The summed E-state index contributed by atoms with van der Waals surface area (Å²) < 4.78 is 36.9. The predicted molar refractivity (Wildman–Crippen MR) is 74.3 cm³/mol. The summed E-state index contributed by atoms with van der Waals surface area (Å²) in [5.74, 6) is -1.43. The van der Waals surface area contributed by atoms with Crippen molar-refractivity contribution in [2.24, 2.45) is 5.92 Å². The normalized spacial score (nSPS) is 18.1. The van der Waals surface area contributed by atoms with Crippen LogP contribution in [0.4, 0.5) is 19.1 Å². The third-order valence-corrected chi connectivity index (χ3v) is 3.23. The van der Waals surface area contributed by atoms with E-state index in [4.69, 9.17) is 0 Å². The highest BCUT2D eigenvalue weighted by Gasteiger charge is 2.40. The van der Waals surface area contributed by atoms with Crippen LogP contribution in [0.15, 0.2) is 18.5 Å². The Hall–Kier alpha value is -2.39. The van der Waals surface area contributed by atoms with Crippen LogP contribution in [0.1, 0.15) is 6.42 Å². The van der Waals surface area contributed by atoms with Gasteiger partial charge in [0.15, 0.2) is 0 Å². The molecule has 0 spiro atoms. The van der Waals surface area contributed by atoms with Gasteiger partial charge < -0.3 is 15.5 Å². The molecule has 1 aliphatic heterocycles. The third-order valence-electron chi connectivity index (χ3n) is 3.23. The first kappa shape index (κ1) is 17.0. The van der Waals surface area contributed by atoms with Crippen LogP contribution in [0.5, 0.6) is 0 Å². The molecule has 1 aromatic rings. The van der Waals surface area contributed by atoms with Gasteiger partial charge in [-0.3, -0.25) is 9.59 Å². The van der Waals surface area contributed by atoms with Gasteiger partial charge in [-0.25, -0.2) is 9.97 Å². The predicted octanol–water partition coefficient (Wildman–Crippen LogP) is 0.415. The lowest BCUT2D eigenvalue weighted by atomic mass is 10.1. The number of rotatable bonds is 6. The van der Waals surface area contributed by atoms with Crippen LogP contribution in [0.2, 0.25) is 0 Å². The van der Waals surface area contributed by atoms with E-state index in [1.807, 2.05) is 0 Å². The van der Waals surface area contributed by atoms with Gasteiger partial charge in [0, 0.05) is 38.4 Å². The van der Waals surface area contributed by atoms with Gasteiger partial charge in [-0.2, -0.15) is 13.2 Å². The molecular formula is C13H16F3N5O2. The topological polar surface area (TPSA) is 87.2 Å². The maximum absolute atomic E-state index is 12.3. The molecule has 7 nitrogen and oxygen atoms in total. The number of nitrogens with zero attached hydrogens (tertiary/aromatic N) is 3. The van der Waals surface area contributed by atoms with E-state index in [2.05, 4.69) is 20.6 Å². The number of hydrogen-bond donors (Lipinski definition) is 2. The highest BCUT2D eigenvalue weighted by molar-refractivity contribution is 5.89. The number of likely N-dealkylation sites (tertiary alicyclic amines) is 1. The molecule has 10 heteroatoms. The van der Waals surface area contributed by atoms with Crippen LogP contribution in [-0.2, 0) is 9.59 Å². The number of carbonyl (C=O) groups excluding carboxylic acids is 2. The van der Waals surface area contributed by atoms with Crippen molar-refractivity contribution < 1.29 is 22.8 Å². The monoisotopic (exact) mass is 331 g/mol. The molecule has 1 fully saturated rings. The first-order valence-corrected chi connectivity index (χ1v) is 6.98. The van der Waals surface area contributed by atoms with Gasteiger partial charge in [0.1, 0.15) is 6.54 Å². The van der Waals surface area contributed by atoms with Gasteiger partial charge in [0.25, 0.3) is 0 Å². The first-order chi connectivity index (χ1) is 10.8. The minimum absolute atomic E-state index is 0.197. The lowest BCUT2D eigenvalue weighted by molar-refractivity contribution is -0.157. The Kier molecular flexibility index (Phi) is 5.35. The van der Waals surface area contributed by atoms with Crippen molar-refractivity contribution in [1.29, 1.82) is 0 Å². The Morgan fingerprint density at radius 2 is 2.00 bits per heavy atom. The Labute approximate surface area is 130 Å². The lowest BCUT2D eigenvalue weighted by Gasteiger charge is -2.18. The van der Waals surface area contributed by atoms with E-state index in [0.717, 1.165) is 0 Å². The van der Waals surface area contributed by atoms with Crippen LogP contribution >= 0.6 is 0 Å². The van der Waals surface area contributed by atoms with Crippen molar-refractivity contribution in [1.82, 2.24) is 20.2 Å². The molecule has 0 radical (unpaired) electrons. The molecule has 2 amide bonds. The van der Waals surface area contributed by atoms with Crippen LogP contribution in [0, 0.1) is 5.92 Å². The number of carbonyl (C=O) groups is 2. The molecule has 0 saturated carbocycles. The number of amides is 2. The number of aromatic nitrogens is 2. The Morgan fingerprint density at radius 3 is 2.65 bits per heavy atom. The molecule has 0 aromatic carbocycles. The van der Waals surface area contributed by atoms with Crippen LogP contribution in [-0.4, -0.2) is 59.0 Å². The van der Waals surface area contributed by atoms with Crippen LogP contribution in [0.25, 0.3) is 0 Å². The van der Waals surface area contributed by atoms with Crippen LogP contribution < -0.4 is 10.6 Å². The fourth-order valence-electron chi connectivity index (χ4n) is 2.21. The van der Waals surface area contributed by atoms with Gasteiger partial charge >= 0.3 is 6.18 Å². The Morgan fingerprint density at radius 1 is 1.30 bits per heavy atom. The van der Waals surface area contributed by atoms with Crippen molar-refractivity contribution in [2.75, 3.05) is 31.5 Å². The zero-order valence-electron chi connectivity index (χ0n) is 12.1. The Bertz CT molecular complexity index is 552. The fourth-order valence-corrected chi connectivity index (χ4v) is 2.21. The second-order valence-electron chi connectivity index (χ2n) is 5.08. The van der Waals surface area contributed by atoms with Crippen LogP contribution in [0.3, 0.4) is 0 Å². The molecule has 0 bridgehead atoms. The van der Waals surface area contributed by atoms with Crippen molar-refractivity contribution in [3.8, 4) is 0 Å². The van der Waals surface area contributed by atoms with Gasteiger partial charge in [0.2, 0.25) is 17.8 Å². The summed E-state index contributed by atoms with van der Waals surface area (Å²) in [5.41, 5.74) is 0. The molecule has 1 aromatic heterocycles. The minimum atomic E-state index is -4.46. The number of alkyl halides is 3. The van der Waals surface area contributed by atoms with E-state index < -0.39 is 30.5 Å². The van der Waals surface area contributed by atoms with Gasteiger partial charge in [-0.15, -0.1) is 0 Å². The largest absolute Gasteiger partial charge is 0.406 e. The summed E-state index contributed by atoms with van der Waals surface area (Å²) in [6.07, 6.45) is -1.53. The fraction of sp³-hybridized carbons (Fsp3) is 0.538. The minimum Gasteiger partial charge on any atom is -0.354 e. The molecule has 23 heavy (non-hydrogen) atoms. The first-order valence-electron chi connectivity index (χ1n) is 6.98. The Balaban J connectivity index is 1.71. The average Bonchev–Trinajstić information content (AvgIpc) is 2.84. The number of nitrogens with one attached hydrogen (secondary N) is 2. The van der Waals surface area contributed by atoms with E-state index in [-0.39, 0.29) is 19.5 Å². The van der Waals surface area contributed by atoms with Gasteiger partial charge in [0.05, 0.1) is 5.92 Å². The molecule has 126 valence electrons. The average molecular weight is 331 g/mol. The molecule has 2 N–H and O–H groups in total. The quantitative estimate of drug-likeness (QED) is 0.738. The summed E-state index contributed by atoms with van der Waals surface area (Å²) >= 11 is 0. The van der Waals surface area contributed by atoms with Crippen molar-refractivity contribution in [3.63, 3.8) is 0 Å². The summed E-state index contributed by atoms with van der Waals surface area (Å²) in [6, 6.07) is 1.66. The summed E-state index contributed by atoms with van der Waals surface area (Å²) in [7, 11) is 0. The van der Waals surface area contributed by atoms with Crippen molar-refractivity contribution >= 4 is 17.8 Å². The summed E-state index contributed by atoms with van der Waals surface area (Å²) in [6.45, 7) is -0.911. The van der Waals surface area contributed by atoms with E-state index in [1.54, 1.807) is 18.5 Å². The van der Waals surface area contributed by atoms with Gasteiger partial charge in [-0.05, 0) is 6.07 Å². The smallest absolute Gasteiger partial charge is 0.354 e. The van der Waals surface area contributed by atoms with Gasteiger partial charge in [-0.1, -0.05) is 0 Å². The zero-order valence-corrected chi connectivity index (χ0v) is 12.1. The van der Waals surface area contributed by atoms with E-state index in [9.17, 15) is 22.8 Å². The van der Waals surface area contributed by atoms with Crippen molar-refractivity contribution in [3.05, 3.63) is 18.5 Å². The summed E-state index contributed by atoms with van der Waals surface area (Å²) in [5, 5.41) is 5.46. The highest BCUT2D eigenvalue weighted by atomic mass is 19.4. The number of halogens is 3. The molecule has 2 rings (SSSR count). The second kappa shape index (κ2) is 7.25. The molecular weight excluding hydrogens is 315 g/mol. The maximum atomic E-state index is 12.3. The molecule has 2 heterocycles. The SMILES string of the molecule is O=C(NCCNc1ncccn1)[C@H]1CC(=O)N(CC(F)(F)F)C1. The third kappa shape index (κ3) is 5.38. The molecule has 0 unspecified atom stereocenters. The van der Waals surface area contributed by atoms with Crippen molar-refractivity contribution in [2.45, 2.75) is 12.6 Å². The second-order valence-corrected chi connectivity index (χ2v) is 5.08. The highest BCUT2D eigenvalue weighted by Crippen LogP contribution is 2.23. The molecule has 1 atom stereocenters. The van der Waals surface area contributed by atoms with E-state index >= 15 is 0 Å². The number of hydrogen-bond acceptors (Lipinski definition) is 5. The zero-order chi connectivity index (χ0) is 16.9. The standard InChI is InChI=1S/C13H16F3N5O2/c14-13(15,16)8-21-7-9(6-10(21)22)11(23)17-4-5-20-12-18-2-1-3-19-12/h1-3,9H,4-8H2,(H,17,23)(H,18,19,20)/t9-/m0/s1.